The van der Waals surface area contributed by atoms with E-state index >= 15 is 0 Å². The number of hydrogen-bond donors (Lipinski definition) is 0. The van der Waals surface area contributed by atoms with Gasteiger partial charge < -0.3 is 4.90 Å². The van der Waals surface area contributed by atoms with Crippen LogP contribution in [0.1, 0.15) is 22.3 Å². The molecule has 254 valence electrons. The lowest BCUT2D eigenvalue weighted by molar-refractivity contribution is 0.768. The smallest absolute Gasteiger partial charge is 0.0714 e. The Bertz CT molecular complexity index is 2710. The maximum absolute atomic E-state index is 2.44. The lowest BCUT2D eigenvalue weighted by Crippen LogP contribution is -2.28. The van der Waals surface area contributed by atoms with E-state index in [0.29, 0.717) is 0 Å². The summed E-state index contributed by atoms with van der Waals surface area (Å²) in [6.45, 7) is 0. The van der Waals surface area contributed by atoms with Crippen LogP contribution in [0.3, 0.4) is 0 Å². The van der Waals surface area contributed by atoms with E-state index in [-0.39, 0.29) is 0 Å². The quantitative estimate of drug-likeness (QED) is 0.161. The summed E-state index contributed by atoms with van der Waals surface area (Å²) in [6.07, 6.45) is 0. The highest BCUT2D eigenvalue weighted by Gasteiger charge is 2.47. The van der Waals surface area contributed by atoms with Crippen LogP contribution in [0.2, 0.25) is 0 Å². The molecule has 0 saturated carbocycles. The molecule has 1 nitrogen and oxygen atoms in total. The molecule has 1 heteroatoms. The zero-order valence-electron chi connectivity index (χ0n) is 29.8. The van der Waals surface area contributed by atoms with Gasteiger partial charge in [0.2, 0.25) is 0 Å². The molecule has 0 aliphatic heterocycles. The molecule has 9 aromatic carbocycles. The Labute approximate surface area is 317 Å². The Hall–Kier alpha value is -6.96. The summed E-state index contributed by atoms with van der Waals surface area (Å²) >= 11 is 0. The van der Waals surface area contributed by atoms with Crippen LogP contribution in [0.15, 0.2) is 224 Å². The number of para-hydroxylation sites is 1. The van der Waals surface area contributed by atoms with E-state index in [1.807, 2.05) is 0 Å². The molecular weight excluding hydrogens is 651 g/mol. The van der Waals surface area contributed by atoms with Crippen molar-refractivity contribution in [3.05, 3.63) is 247 Å². The summed E-state index contributed by atoms with van der Waals surface area (Å²) in [5.74, 6) is 0. The van der Waals surface area contributed by atoms with Gasteiger partial charge in [0.1, 0.15) is 0 Å². The maximum Gasteiger partial charge on any atom is 0.0714 e. The second kappa shape index (κ2) is 13.2. The third kappa shape index (κ3) is 5.09. The van der Waals surface area contributed by atoms with Crippen molar-refractivity contribution >= 4 is 27.8 Å². The number of anilines is 3. The molecular formula is C53H37N. The maximum atomic E-state index is 2.44. The first kappa shape index (κ1) is 31.7. The van der Waals surface area contributed by atoms with Crippen molar-refractivity contribution in [3.63, 3.8) is 0 Å². The van der Waals surface area contributed by atoms with Crippen molar-refractivity contribution in [2.24, 2.45) is 0 Å². The molecule has 1 aliphatic rings. The topological polar surface area (TPSA) is 3.24 Å². The van der Waals surface area contributed by atoms with Crippen molar-refractivity contribution in [1.82, 2.24) is 0 Å². The number of nitrogens with zero attached hydrogens (tertiary/aromatic N) is 1. The van der Waals surface area contributed by atoms with Crippen LogP contribution in [-0.2, 0) is 5.41 Å². The van der Waals surface area contributed by atoms with E-state index in [9.17, 15) is 0 Å². The number of rotatable bonds is 7. The first-order valence-corrected chi connectivity index (χ1v) is 18.7. The number of benzene rings is 9. The molecule has 0 fully saturated rings. The summed E-state index contributed by atoms with van der Waals surface area (Å²) in [7, 11) is 0. The zero-order valence-corrected chi connectivity index (χ0v) is 29.8. The van der Waals surface area contributed by atoms with Crippen molar-refractivity contribution in [1.29, 1.82) is 0 Å². The summed E-state index contributed by atoms with van der Waals surface area (Å²) in [4.78, 5) is 2.44. The van der Waals surface area contributed by atoms with Crippen molar-refractivity contribution < 1.29 is 0 Å². The van der Waals surface area contributed by atoms with E-state index in [1.54, 1.807) is 0 Å². The summed E-state index contributed by atoms with van der Waals surface area (Å²) in [5, 5.41) is 2.41. The van der Waals surface area contributed by atoms with E-state index in [0.717, 1.165) is 17.1 Å². The lowest BCUT2D eigenvalue weighted by Gasteiger charge is -2.34. The van der Waals surface area contributed by atoms with Crippen molar-refractivity contribution in [3.8, 4) is 33.4 Å². The van der Waals surface area contributed by atoms with E-state index < -0.39 is 5.41 Å². The van der Waals surface area contributed by atoms with Crippen molar-refractivity contribution in [2.75, 3.05) is 4.90 Å². The Morgan fingerprint density at radius 3 is 1.52 bits per heavy atom. The largest absolute Gasteiger partial charge is 0.310 e. The summed E-state index contributed by atoms with van der Waals surface area (Å²) in [5.41, 5.74) is 15.5. The molecule has 9 aromatic rings. The SMILES string of the molecule is c1ccc(-c2ccccc2-c2ccc3cc(N(c4ccccc4)c4cccc5c4-c4ccccc4C5(c4ccccc4)c4ccccc4)ccc3c2)cc1. The van der Waals surface area contributed by atoms with Crippen molar-refractivity contribution in [2.45, 2.75) is 5.41 Å². The van der Waals surface area contributed by atoms with E-state index in [2.05, 4.69) is 229 Å². The lowest BCUT2D eigenvalue weighted by atomic mass is 9.68. The number of hydrogen-bond acceptors (Lipinski definition) is 1. The second-order valence-corrected chi connectivity index (χ2v) is 14.1. The number of fused-ring (bicyclic) bond motifs is 4. The molecule has 0 heterocycles. The van der Waals surface area contributed by atoms with Gasteiger partial charge in [0.25, 0.3) is 0 Å². The normalized spacial score (nSPS) is 12.6. The van der Waals surface area contributed by atoms with Gasteiger partial charge in [-0.05, 0) is 97.2 Å². The first-order valence-electron chi connectivity index (χ1n) is 18.7. The van der Waals surface area contributed by atoms with E-state index in [1.165, 1.54) is 66.4 Å². The predicted molar refractivity (Wildman–Crippen MR) is 227 cm³/mol. The Morgan fingerprint density at radius 2 is 0.833 bits per heavy atom. The van der Waals surface area contributed by atoms with E-state index in [4.69, 9.17) is 0 Å². The molecule has 0 radical (unpaired) electrons. The third-order valence-electron chi connectivity index (χ3n) is 11.1. The van der Waals surface area contributed by atoms with Gasteiger partial charge in [-0.2, -0.15) is 0 Å². The molecule has 0 amide bonds. The van der Waals surface area contributed by atoms with Gasteiger partial charge in [0.15, 0.2) is 0 Å². The molecule has 0 N–H and O–H groups in total. The predicted octanol–water partition coefficient (Wildman–Crippen LogP) is 14.0. The Balaban J connectivity index is 1.17. The molecule has 1 aliphatic carbocycles. The van der Waals surface area contributed by atoms with Crippen LogP contribution in [0.5, 0.6) is 0 Å². The minimum Gasteiger partial charge on any atom is -0.310 e. The van der Waals surface area contributed by atoms with Gasteiger partial charge in [-0.15, -0.1) is 0 Å². The van der Waals surface area contributed by atoms with Crippen LogP contribution < -0.4 is 4.90 Å². The molecule has 0 spiro atoms. The highest BCUT2D eigenvalue weighted by Crippen LogP contribution is 2.59. The first-order chi connectivity index (χ1) is 26.8. The fourth-order valence-electron chi connectivity index (χ4n) is 8.81. The van der Waals surface area contributed by atoms with Gasteiger partial charge >= 0.3 is 0 Å². The van der Waals surface area contributed by atoms with Gasteiger partial charge in [0, 0.05) is 16.9 Å². The molecule has 54 heavy (non-hydrogen) atoms. The average Bonchev–Trinajstić information content (AvgIpc) is 3.57. The Morgan fingerprint density at radius 1 is 0.315 bits per heavy atom. The van der Waals surface area contributed by atoms with Crippen LogP contribution in [0.25, 0.3) is 44.2 Å². The summed E-state index contributed by atoms with van der Waals surface area (Å²) in [6, 6.07) is 81.9. The summed E-state index contributed by atoms with van der Waals surface area (Å²) < 4.78 is 0. The fourth-order valence-corrected chi connectivity index (χ4v) is 8.81. The molecule has 0 bridgehead atoms. The van der Waals surface area contributed by atoms with Crippen LogP contribution in [0, 0.1) is 0 Å². The molecule has 0 saturated heterocycles. The van der Waals surface area contributed by atoms with Gasteiger partial charge in [-0.1, -0.05) is 188 Å². The van der Waals surface area contributed by atoms with Crippen LogP contribution >= 0.6 is 0 Å². The average molecular weight is 688 g/mol. The van der Waals surface area contributed by atoms with Crippen LogP contribution in [0.4, 0.5) is 17.1 Å². The highest BCUT2D eigenvalue weighted by molar-refractivity contribution is 5.99. The van der Waals surface area contributed by atoms with Crippen LogP contribution in [-0.4, -0.2) is 0 Å². The standard InChI is InChI=1S/C53H37N/c1-5-18-38(19-6-1)46-26-13-14-27-47(46)41-33-32-40-37-45(35-34-39(40)36-41)54(44-24-11-4-12-25-44)51-31-17-30-50-52(51)48-28-15-16-29-49(48)53(50,42-20-7-2-8-21-42)43-22-9-3-10-23-43/h1-37H. The van der Waals surface area contributed by atoms with Gasteiger partial charge in [-0.25, -0.2) is 0 Å². The molecule has 0 unspecified atom stereocenters. The van der Waals surface area contributed by atoms with Gasteiger partial charge in [0.05, 0.1) is 11.1 Å². The minimum atomic E-state index is -0.470. The Kier molecular flexibility index (Phi) is 7.78. The molecule has 0 atom stereocenters. The fraction of sp³-hybridized carbons (Fsp3) is 0.0189. The highest BCUT2D eigenvalue weighted by atomic mass is 15.1. The monoisotopic (exact) mass is 687 g/mol. The third-order valence-corrected chi connectivity index (χ3v) is 11.1. The second-order valence-electron chi connectivity index (χ2n) is 14.1. The van der Waals surface area contributed by atoms with Gasteiger partial charge in [-0.3, -0.25) is 0 Å². The minimum absolute atomic E-state index is 0.470. The molecule has 0 aromatic heterocycles. The zero-order chi connectivity index (χ0) is 35.9. The molecule has 10 rings (SSSR count).